The molecule has 3 heteroatoms. The van der Waals surface area contributed by atoms with Crippen LogP contribution >= 0.6 is 15.9 Å². The van der Waals surface area contributed by atoms with Crippen molar-refractivity contribution in [3.8, 4) is 0 Å². The minimum Gasteiger partial charge on any atom is -0.366 e. The van der Waals surface area contributed by atoms with Crippen LogP contribution < -0.4 is 5.32 Å². The quantitative estimate of drug-likeness (QED) is 0.910. The summed E-state index contributed by atoms with van der Waals surface area (Å²) >= 11 is 3.42. The molecule has 2 nitrogen and oxygen atoms in total. The number of anilines is 1. The van der Waals surface area contributed by atoms with E-state index >= 15 is 0 Å². The van der Waals surface area contributed by atoms with Crippen molar-refractivity contribution in [3.63, 3.8) is 0 Å². The molecule has 2 aromatic rings. The monoisotopic (exact) mass is 304 g/mol. The van der Waals surface area contributed by atoms with E-state index in [0.717, 1.165) is 22.4 Å². The lowest BCUT2D eigenvalue weighted by Crippen LogP contribution is -2.03. The van der Waals surface area contributed by atoms with E-state index in [1.54, 1.807) is 0 Å². The maximum absolute atomic E-state index is 4.37. The molecular formula is C15H17BrN2. The van der Waals surface area contributed by atoms with E-state index in [9.17, 15) is 0 Å². The smallest absolute Gasteiger partial charge is 0.129 e. The number of hydrogen-bond donors (Lipinski definition) is 1. The Morgan fingerprint density at radius 1 is 1.06 bits per heavy atom. The van der Waals surface area contributed by atoms with Crippen LogP contribution in [0.15, 0.2) is 34.9 Å². The van der Waals surface area contributed by atoms with Gasteiger partial charge in [0.05, 0.1) is 0 Å². The number of benzene rings is 1. The highest BCUT2D eigenvalue weighted by Gasteiger charge is 2.01. The third-order valence-electron chi connectivity index (χ3n) is 3.08. The Morgan fingerprint density at radius 3 is 2.50 bits per heavy atom. The molecule has 0 aliphatic carbocycles. The Bertz CT molecular complexity index is 564. The zero-order chi connectivity index (χ0) is 13.1. The van der Waals surface area contributed by atoms with Crippen molar-refractivity contribution in [1.82, 2.24) is 4.98 Å². The first-order valence-electron chi connectivity index (χ1n) is 5.98. The molecule has 0 saturated heterocycles. The van der Waals surface area contributed by atoms with Crippen molar-refractivity contribution in [3.05, 3.63) is 57.2 Å². The van der Waals surface area contributed by atoms with Gasteiger partial charge in [-0.15, -0.1) is 0 Å². The highest BCUT2D eigenvalue weighted by Crippen LogP contribution is 2.18. The standard InChI is InChI=1S/C15H17BrN2/c1-10-4-5-13(6-11(10)2)8-17-15-12(3)7-14(16)9-18-15/h4-7,9H,8H2,1-3H3,(H,17,18). The number of halogens is 1. The Labute approximate surface area is 117 Å². The van der Waals surface area contributed by atoms with Crippen molar-refractivity contribution in [2.45, 2.75) is 27.3 Å². The molecule has 94 valence electrons. The van der Waals surface area contributed by atoms with E-state index in [1.807, 2.05) is 6.20 Å². The summed E-state index contributed by atoms with van der Waals surface area (Å²) in [6, 6.07) is 8.60. The Kier molecular flexibility index (Phi) is 4.02. The van der Waals surface area contributed by atoms with Gasteiger partial charge >= 0.3 is 0 Å². The molecule has 1 N–H and O–H groups in total. The van der Waals surface area contributed by atoms with Crippen molar-refractivity contribution >= 4 is 21.7 Å². The maximum Gasteiger partial charge on any atom is 0.129 e. The third-order valence-corrected chi connectivity index (χ3v) is 3.51. The molecule has 18 heavy (non-hydrogen) atoms. The van der Waals surface area contributed by atoms with Gasteiger partial charge in [-0.1, -0.05) is 18.2 Å². The predicted molar refractivity (Wildman–Crippen MR) is 79.9 cm³/mol. The third kappa shape index (κ3) is 3.10. The summed E-state index contributed by atoms with van der Waals surface area (Å²) in [6.45, 7) is 7.13. The summed E-state index contributed by atoms with van der Waals surface area (Å²) in [6.07, 6.45) is 1.82. The van der Waals surface area contributed by atoms with E-state index < -0.39 is 0 Å². The van der Waals surface area contributed by atoms with Gasteiger partial charge in [-0.3, -0.25) is 0 Å². The van der Waals surface area contributed by atoms with Crippen LogP contribution in [0.25, 0.3) is 0 Å². The molecule has 0 bridgehead atoms. The maximum atomic E-state index is 4.37. The van der Waals surface area contributed by atoms with E-state index in [1.165, 1.54) is 16.7 Å². The second-order valence-electron chi connectivity index (χ2n) is 4.59. The second kappa shape index (κ2) is 5.53. The van der Waals surface area contributed by atoms with Gasteiger partial charge in [0.2, 0.25) is 0 Å². The van der Waals surface area contributed by atoms with E-state index in [2.05, 4.69) is 71.3 Å². The largest absolute Gasteiger partial charge is 0.366 e. The molecule has 0 aliphatic rings. The summed E-state index contributed by atoms with van der Waals surface area (Å²) in [5.41, 5.74) is 5.09. The highest BCUT2D eigenvalue weighted by atomic mass is 79.9. The van der Waals surface area contributed by atoms with Gasteiger partial charge in [0.15, 0.2) is 0 Å². The molecule has 0 fully saturated rings. The molecule has 1 aromatic heterocycles. The number of hydrogen-bond acceptors (Lipinski definition) is 2. The molecule has 0 spiro atoms. The first-order valence-corrected chi connectivity index (χ1v) is 6.77. The fourth-order valence-corrected chi connectivity index (χ4v) is 2.27. The van der Waals surface area contributed by atoms with E-state index in [-0.39, 0.29) is 0 Å². The molecular weight excluding hydrogens is 288 g/mol. The van der Waals surface area contributed by atoms with Crippen LogP contribution in [0.3, 0.4) is 0 Å². The van der Waals surface area contributed by atoms with Crippen molar-refractivity contribution in [2.75, 3.05) is 5.32 Å². The Morgan fingerprint density at radius 2 is 1.83 bits per heavy atom. The van der Waals surface area contributed by atoms with E-state index in [4.69, 9.17) is 0 Å². The number of aryl methyl sites for hydroxylation is 3. The van der Waals surface area contributed by atoms with Crippen molar-refractivity contribution < 1.29 is 0 Å². The first-order chi connectivity index (χ1) is 8.56. The molecule has 1 heterocycles. The number of pyridine rings is 1. The van der Waals surface area contributed by atoms with Crippen molar-refractivity contribution in [1.29, 1.82) is 0 Å². The average molecular weight is 305 g/mol. The fraction of sp³-hybridized carbons (Fsp3) is 0.267. The zero-order valence-corrected chi connectivity index (χ0v) is 12.5. The zero-order valence-electron chi connectivity index (χ0n) is 10.9. The molecule has 0 aliphatic heterocycles. The lowest BCUT2D eigenvalue weighted by Gasteiger charge is -2.10. The molecule has 0 amide bonds. The lowest BCUT2D eigenvalue weighted by molar-refractivity contribution is 1.08. The van der Waals surface area contributed by atoms with Crippen LogP contribution in [0.2, 0.25) is 0 Å². The SMILES string of the molecule is Cc1ccc(CNc2ncc(Br)cc2C)cc1C. The molecule has 0 unspecified atom stereocenters. The normalized spacial score (nSPS) is 10.4. The number of rotatable bonds is 3. The van der Waals surface area contributed by atoms with Gasteiger partial charge in [-0.25, -0.2) is 4.98 Å². The van der Waals surface area contributed by atoms with Crippen LogP contribution in [0, 0.1) is 20.8 Å². The van der Waals surface area contributed by atoms with Gasteiger partial charge < -0.3 is 5.32 Å². The average Bonchev–Trinajstić information content (AvgIpc) is 2.32. The van der Waals surface area contributed by atoms with Crippen LogP contribution in [-0.2, 0) is 6.54 Å². The Balaban J connectivity index is 2.09. The summed E-state index contributed by atoms with van der Waals surface area (Å²) in [5, 5.41) is 3.37. The minimum atomic E-state index is 0.802. The minimum absolute atomic E-state index is 0.802. The summed E-state index contributed by atoms with van der Waals surface area (Å²) < 4.78 is 1.01. The van der Waals surface area contributed by atoms with Gasteiger partial charge in [0.1, 0.15) is 5.82 Å². The van der Waals surface area contributed by atoms with Gasteiger partial charge in [-0.05, 0) is 65.0 Å². The van der Waals surface area contributed by atoms with Gasteiger partial charge in [0.25, 0.3) is 0 Å². The van der Waals surface area contributed by atoms with Crippen LogP contribution in [-0.4, -0.2) is 4.98 Å². The molecule has 0 saturated carbocycles. The predicted octanol–water partition coefficient (Wildman–Crippen LogP) is 4.38. The van der Waals surface area contributed by atoms with Gasteiger partial charge in [-0.2, -0.15) is 0 Å². The molecule has 0 radical (unpaired) electrons. The Hall–Kier alpha value is -1.35. The highest BCUT2D eigenvalue weighted by molar-refractivity contribution is 9.10. The number of nitrogens with zero attached hydrogens (tertiary/aromatic N) is 1. The lowest BCUT2D eigenvalue weighted by atomic mass is 10.1. The summed E-state index contributed by atoms with van der Waals surface area (Å²) in [7, 11) is 0. The summed E-state index contributed by atoms with van der Waals surface area (Å²) in [4.78, 5) is 4.37. The number of aromatic nitrogens is 1. The topological polar surface area (TPSA) is 24.9 Å². The molecule has 0 atom stereocenters. The van der Waals surface area contributed by atoms with Crippen LogP contribution in [0.4, 0.5) is 5.82 Å². The van der Waals surface area contributed by atoms with Gasteiger partial charge in [0, 0.05) is 17.2 Å². The molecule has 1 aromatic carbocycles. The van der Waals surface area contributed by atoms with Crippen molar-refractivity contribution in [2.24, 2.45) is 0 Å². The van der Waals surface area contributed by atoms with Crippen LogP contribution in [0.5, 0.6) is 0 Å². The fourth-order valence-electron chi connectivity index (χ4n) is 1.82. The second-order valence-corrected chi connectivity index (χ2v) is 5.51. The number of nitrogens with one attached hydrogen (secondary N) is 1. The summed E-state index contributed by atoms with van der Waals surface area (Å²) in [5.74, 6) is 0.941. The van der Waals surface area contributed by atoms with Crippen LogP contribution in [0.1, 0.15) is 22.3 Å². The first kappa shape index (κ1) is 13.1. The molecule has 2 rings (SSSR count). The van der Waals surface area contributed by atoms with E-state index in [0.29, 0.717) is 0 Å².